The molecule has 0 aliphatic heterocycles. The number of pyridine rings is 1. The van der Waals surface area contributed by atoms with Crippen molar-refractivity contribution in [1.29, 1.82) is 0 Å². The average Bonchev–Trinajstić information content (AvgIpc) is 2.41. The third-order valence-electron chi connectivity index (χ3n) is 2.79. The maximum absolute atomic E-state index is 12.1. The molecule has 0 saturated heterocycles. The van der Waals surface area contributed by atoms with Crippen LogP contribution in [0.3, 0.4) is 0 Å². The molecule has 0 fully saturated rings. The zero-order valence-electron chi connectivity index (χ0n) is 10.8. The van der Waals surface area contributed by atoms with Crippen molar-refractivity contribution in [1.82, 2.24) is 4.98 Å². The van der Waals surface area contributed by atoms with E-state index in [4.69, 9.17) is 10.5 Å². The number of aryl methyl sites for hydroxylation is 1. The van der Waals surface area contributed by atoms with Crippen molar-refractivity contribution in [2.24, 2.45) is 0 Å². The van der Waals surface area contributed by atoms with Crippen LogP contribution in [0.15, 0.2) is 36.7 Å². The lowest BCUT2D eigenvalue weighted by Gasteiger charge is -2.10. The first-order valence-electron chi connectivity index (χ1n) is 5.77. The van der Waals surface area contributed by atoms with Gasteiger partial charge in [-0.15, -0.1) is 0 Å². The Labute approximate surface area is 111 Å². The molecule has 0 atom stereocenters. The molecule has 98 valence electrons. The van der Waals surface area contributed by atoms with Gasteiger partial charge in [0.1, 0.15) is 5.75 Å². The molecule has 0 unspecified atom stereocenters. The summed E-state index contributed by atoms with van der Waals surface area (Å²) < 4.78 is 5.05. The highest BCUT2D eigenvalue weighted by Crippen LogP contribution is 2.21. The summed E-state index contributed by atoms with van der Waals surface area (Å²) in [4.78, 5) is 16.1. The van der Waals surface area contributed by atoms with E-state index in [1.807, 2.05) is 13.0 Å². The number of nitrogens with two attached hydrogens (primary N) is 1. The molecule has 1 heterocycles. The number of rotatable bonds is 3. The standard InChI is InChI=1S/C14H15N3O2/c1-9-5-6-16-8-13(9)17-14(18)11-4-3-10(19-2)7-12(11)15/h3-8H,15H2,1-2H3,(H,17,18). The van der Waals surface area contributed by atoms with Gasteiger partial charge < -0.3 is 15.8 Å². The molecule has 0 bridgehead atoms. The summed E-state index contributed by atoms with van der Waals surface area (Å²) in [5.41, 5.74) is 8.22. The molecule has 1 aromatic heterocycles. The van der Waals surface area contributed by atoms with Gasteiger partial charge in [0.05, 0.1) is 24.6 Å². The molecule has 19 heavy (non-hydrogen) atoms. The Hall–Kier alpha value is -2.56. The number of benzene rings is 1. The van der Waals surface area contributed by atoms with Crippen LogP contribution in [0.1, 0.15) is 15.9 Å². The summed E-state index contributed by atoms with van der Waals surface area (Å²) in [7, 11) is 1.55. The van der Waals surface area contributed by atoms with E-state index in [1.54, 1.807) is 37.7 Å². The fourth-order valence-corrected chi connectivity index (χ4v) is 1.66. The molecular formula is C14H15N3O2. The van der Waals surface area contributed by atoms with Crippen molar-refractivity contribution in [3.8, 4) is 5.75 Å². The number of amides is 1. The maximum Gasteiger partial charge on any atom is 0.257 e. The number of methoxy groups -OCH3 is 1. The van der Waals surface area contributed by atoms with Crippen molar-refractivity contribution >= 4 is 17.3 Å². The number of nitrogens with one attached hydrogen (secondary N) is 1. The second-order valence-corrected chi connectivity index (χ2v) is 4.10. The van der Waals surface area contributed by atoms with Crippen LogP contribution >= 0.6 is 0 Å². The average molecular weight is 257 g/mol. The van der Waals surface area contributed by atoms with Crippen molar-refractivity contribution in [3.63, 3.8) is 0 Å². The molecular weight excluding hydrogens is 242 g/mol. The van der Waals surface area contributed by atoms with Gasteiger partial charge in [-0.25, -0.2) is 0 Å². The Morgan fingerprint density at radius 1 is 1.37 bits per heavy atom. The van der Waals surface area contributed by atoms with Gasteiger partial charge in [-0.1, -0.05) is 0 Å². The Morgan fingerprint density at radius 3 is 2.79 bits per heavy atom. The van der Waals surface area contributed by atoms with E-state index < -0.39 is 0 Å². The number of aromatic nitrogens is 1. The van der Waals surface area contributed by atoms with Crippen molar-refractivity contribution in [3.05, 3.63) is 47.8 Å². The lowest BCUT2D eigenvalue weighted by atomic mass is 10.1. The van der Waals surface area contributed by atoms with Crippen LogP contribution in [0, 0.1) is 6.92 Å². The largest absolute Gasteiger partial charge is 0.497 e. The molecule has 0 spiro atoms. The highest BCUT2D eigenvalue weighted by Gasteiger charge is 2.11. The molecule has 0 aliphatic rings. The molecule has 1 aromatic carbocycles. The van der Waals surface area contributed by atoms with Gasteiger partial charge in [0, 0.05) is 18.0 Å². The summed E-state index contributed by atoms with van der Waals surface area (Å²) in [6.45, 7) is 1.90. The summed E-state index contributed by atoms with van der Waals surface area (Å²) in [5.74, 6) is 0.350. The summed E-state index contributed by atoms with van der Waals surface area (Å²) >= 11 is 0. The number of carbonyl (C=O) groups is 1. The molecule has 2 aromatic rings. The topological polar surface area (TPSA) is 77.2 Å². The van der Waals surface area contributed by atoms with Crippen LogP contribution in [0.2, 0.25) is 0 Å². The summed E-state index contributed by atoms with van der Waals surface area (Å²) in [5, 5.41) is 2.78. The predicted octanol–water partition coefficient (Wildman–Crippen LogP) is 2.23. The second kappa shape index (κ2) is 5.39. The number of carbonyl (C=O) groups excluding carboxylic acids is 1. The Balaban J connectivity index is 2.23. The highest BCUT2D eigenvalue weighted by atomic mass is 16.5. The first-order chi connectivity index (χ1) is 9.11. The molecule has 2 rings (SSSR count). The van der Waals surface area contributed by atoms with E-state index in [0.717, 1.165) is 5.56 Å². The smallest absolute Gasteiger partial charge is 0.257 e. The third kappa shape index (κ3) is 2.82. The molecule has 5 heteroatoms. The lowest BCUT2D eigenvalue weighted by Crippen LogP contribution is -2.15. The fourth-order valence-electron chi connectivity index (χ4n) is 1.66. The van der Waals surface area contributed by atoms with Crippen LogP contribution in [-0.4, -0.2) is 18.0 Å². The minimum Gasteiger partial charge on any atom is -0.497 e. The van der Waals surface area contributed by atoms with E-state index in [0.29, 0.717) is 22.7 Å². The SMILES string of the molecule is COc1ccc(C(=O)Nc2cnccc2C)c(N)c1. The Morgan fingerprint density at radius 2 is 2.16 bits per heavy atom. The van der Waals surface area contributed by atoms with Gasteiger partial charge in [0.25, 0.3) is 5.91 Å². The van der Waals surface area contributed by atoms with E-state index >= 15 is 0 Å². The Kier molecular flexibility index (Phi) is 3.66. The number of hydrogen-bond acceptors (Lipinski definition) is 4. The quantitative estimate of drug-likeness (QED) is 0.827. The molecule has 3 N–H and O–H groups in total. The predicted molar refractivity (Wildman–Crippen MR) is 74.3 cm³/mol. The fraction of sp³-hybridized carbons (Fsp3) is 0.143. The van der Waals surface area contributed by atoms with Crippen LogP contribution in [0.4, 0.5) is 11.4 Å². The summed E-state index contributed by atoms with van der Waals surface area (Å²) in [6.07, 6.45) is 3.28. The number of nitrogens with zero attached hydrogens (tertiary/aromatic N) is 1. The van der Waals surface area contributed by atoms with Crippen LogP contribution in [0.25, 0.3) is 0 Å². The van der Waals surface area contributed by atoms with Crippen molar-refractivity contribution in [2.45, 2.75) is 6.92 Å². The maximum atomic E-state index is 12.1. The minimum absolute atomic E-state index is 0.267. The third-order valence-corrected chi connectivity index (χ3v) is 2.79. The van der Waals surface area contributed by atoms with Crippen molar-refractivity contribution < 1.29 is 9.53 Å². The van der Waals surface area contributed by atoms with Crippen LogP contribution < -0.4 is 15.8 Å². The van der Waals surface area contributed by atoms with E-state index in [2.05, 4.69) is 10.3 Å². The molecule has 0 aliphatic carbocycles. The zero-order valence-corrected chi connectivity index (χ0v) is 10.8. The highest BCUT2D eigenvalue weighted by molar-refractivity contribution is 6.08. The number of anilines is 2. The first-order valence-corrected chi connectivity index (χ1v) is 5.77. The molecule has 1 amide bonds. The lowest BCUT2D eigenvalue weighted by molar-refractivity contribution is 0.102. The second-order valence-electron chi connectivity index (χ2n) is 4.10. The molecule has 0 saturated carbocycles. The van der Waals surface area contributed by atoms with Gasteiger partial charge in [0.15, 0.2) is 0 Å². The number of ether oxygens (including phenoxy) is 1. The van der Waals surface area contributed by atoms with E-state index in [1.165, 1.54) is 0 Å². The number of hydrogen-bond donors (Lipinski definition) is 2. The van der Waals surface area contributed by atoms with Gasteiger partial charge in [-0.2, -0.15) is 0 Å². The van der Waals surface area contributed by atoms with Gasteiger partial charge in [-0.3, -0.25) is 9.78 Å². The normalized spacial score (nSPS) is 10.0. The first kappa shape index (κ1) is 12.9. The van der Waals surface area contributed by atoms with Crippen molar-refractivity contribution in [2.75, 3.05) is 18.2 Å². The molecule has 5 nitrogen and oxygen atoms in total. The number of nitrogen functional groups attached to an aromatic ring is 1. The van der Waals surface area contributed by atoms with Crippen LogP contribution in [0.5, 0.6) is 5.75 Å². The monoisotopic (exact) mass is 257 g/mol. The van der Waals surface area contributed by atoms with Crippen LogP contribution in [-0.2, 0) is 0 Å². The minimum atomic E-state index is -0.267. The van der Waals surface area contributed by atoms with E-state index in [9.17, 15) is 4.79 Å². The van der Waals surface area contributed by atoms with Gasteiger partial charge >= 0.3 is 0 Å². The zero-order chi connectivity index (χ0) is 13.8. The van der Waals surface area contributed by atoms with Gasteiger partial charge in [0.2, 0.25) is 0 Å². The summed E-state index contributed by atoms with van der Waals surface area (Å²) in [6, 6.07) is 6.77. The van der Waals surface area contributed by atoms with E-state index in [-0.39, 0.29) is 5.91 Å². The molecule has 0 radical (unpaired) electrons. The van der Waals surface area contributed by atoms with Gasteiger partial charge in [-0.05, 0) is 30.7 Å². The Bertz CT molecular complexity index is 611.